The van der Waals surface area contributed by atoms with E-state index in [1.54, 1.807) is 0 Å². The van der Waals surface area contributed by atoms with Crippen LogP contribution >= 0.6 is 0 Å². The van der Waals surface area contributed by atoms with E-state index >= 15 is 0 Å². The first-order chi connectivity index (χ1) is 5.18. The highest BCUT2D eigenvalue weighted by atomic mass is 16.6. The summed E-state index contributed by atoms with van der Waals surface area (Å²) in [6, 6.07) is 0. The first kappa shape index (κ1) is 6.83. The van der Waals surface area contributed by atoms with Crippen LogP contribution in [-0.4, -0.2) is 11.9 Å². The molecule has 0 aromatic rings. The molecule has 1 aliphatic heterocycles. The van der Waals surface area contributed by atoms with Crippen LogP contribution in [0.1, 0.15) is 19.8 Å². The van der Waals surface area contributed by atoms with Gasteiger partial charge in [-0.3, -0.25) is 9.59 Å². The summed E-state index contributed by atoms with van der Waals surface area (Å²) in [6.45, 7) is 2.07. The quantitative estimate of drug-likeness (QED) is 0.381. The van der Waals surface area contributed by atoms with Crippen molar-refractivity contribution < 1.29 is 14.3 Å². The molecule has 2 rings (SSSR count). The predicted octanol–water partition coefficient (Wildman–Crippen LogP) is 0.732. The second-order valence-corrected chi connectivity index (χ2v) is 3.53. The molecule has 1 aliphatic carbocycles. The summed E-state index contributed by atoms with van der Waals surface area (Å²) in [7, 11) is 0. The van der Waals surface area contributed by atoms with Gasteiger partial charge in [0.2, 0.25) is 0 Å². The van der Waals surface area contributed by atoms with Gasteiger partial charge in [0.25, 0.3) is 0 Å². The molecule has 2 unspecified atom stereocenters. The van der Waals surface area contributed by atoms with Gasteiger partial charge in [-0.15, -0.1) is 0 Å². The van der Waals surface area contributed by atoms with E-state index in [1.165, 1.54) is 0 Å². The molecule has 0 N–H and O–H groups in total. The summed E-state index contributed by atoms with van der Waals surface area (Å²) in [4.78, 5) is 21.9. The Labute approximate surface area is 64.7 Å². The minimum absolute atomic E-state index is 0.113. The molecule has 2 aliphatic rings. The van der Waals surface area contributed by atoms with Crippen molar-refractivity contribution in [2.45, 2.75) is 19.8 Å². The van der Waals surface area contributed by atoms with Crippen LogP contribution in [0.2, 0.25) is 0 Å². The molecule has 0 amide bonds. The Morgan fingerprint density at radius 3 is 2.09 bits per heavy atom. The number of ether oxygens (including phenoxy) is 1. The van der Waals surface area contributed by atoms with Crippen LogP contribution < -0.4 is 0 Å². The Kier molecular flexibility index (Phi) is 1.28. The van der Waals surface area contributed by atoms with Gasteiger partial charge in [-0.2, -0.15) is 0 Å². The standard InChI is InChI=1S/C8H10O3/c1-4-2-5-6(3-4)8(10)11-7(5)9/h4-6H,2-3H2,1H3. The molecular weight excluding hydrogens is 144 g/mol. The normalized spacial score (nSPS) is 42.5. The number of carbonyl (C=O) groups excluding carboxylic acids is 2. The van der Waals surface area contributed by atoms with Crippen LogP contribution in [0, 0.1) is 17.8 Å². The smallest absolute Gasteiger partial charge is 0.317 e. The molecule has 1 heterocycles. The lowest BCUT2D eigenvalue weighted by atomic mass is 10.00. The Morgan fingerprint density at radius 1 is 1.18 bits per heavy atom. The monoisotopic (exact) mass is 154 g/mol. The molecule has 1 saturated carbocycles. The van der Waals surface area contributed by atoms with Gasteiger partial charge < -0.3 is 4.74 Å². The van der Waals surface area contributed by atoms with E-state index < -0.39 is 0 Å². The minimum atomic E-state index is -0.302. The van der Waals surface area contributed by atoms with E-state index in [0.717, 1.165) is 12.8 Å². The molecular formula is C8H10O3. The summed E-state index contributed by atoms with van der Waals surface area (Å²) in [5.74, 6) is -0.328. The fourth-order valence-corrected chi connectivity index (χ4v) is 2.06. The number of rotatable bonds is 0. The number of fused-ring (bicyclic) bond motifs is 1. The summed E-state index contributed by atoms with van der Waals surface area (Å²) >= 11 is 0. The van der Waals surface area contributed by atoms with Crippen LogP contribution in [0.15, 0.2) is 0 Å². The number of esters is 2. The molecule has 0 aromatic carbocycles. The van der Waals surface area contributed by atoms with Crippen molar-refractivity contribution >= 4 is 11.9 Å². The summed E-state index contributed by atoms with van der Waals surface area (Å²) in [5.41, 5.74) is 0. The lowest BCUT2D eigenvalue weighted by molar-refractivity contribution is -0.154. The fourth-order valence-electron chi connectivity index (χ4n) is 2.06. The van der Waals surface area contributed by atoms with Gasteiger partial charge >= 0.3 is 11.9 Å². The van der Waals surface area contributed by atoms with Gasteiger partial charge in [0.15, 0.2) is 0 Å². The van der Waals surface area contributed by atoms with E-state index in [0.29, 0.717) is 5.92 Å². The summed E-state index contributed by atoms with van der Waals surface area (Å²) in [5, 5.41) is 0. The third-order valence-corrected chi connectivity index (χ3v) is 2.60. The topological polar surface area (TPSA) is 43.4 Å². The first-order valence-corrected chi connectivity index (χ1v) is 3.94. The molecule has 0 spiro atoms. The summed E-state index contributed by atoms with van der Waals surface area (Å²) in [6.07, 6.45) is 1.66. The zero-order valence-corrected chi connectivity index (χ0v) is 6.37. The largest absolute Gasteiger partial charge is 0.393 e. The molecule has 0 bridgehead atoms. The highest BCUT2D eigenvalue weighted by Crippen LogP contribution is 2.41. The van der Waals surface area contributed by atoms with Crippen molar-refractivity contribution in [1.29, 1.82) is 0 Å². The lowest BCUT2D eigenvalue weighted by Gasteiger charge is -1.99. The van der Waals surface area contributed by atoms with Gasteiger partial charge in [-0.05, 0) is 18.8 Å². The molecule has 3 nitrogen and oxygen atoms in total. The van der Waals surface area contributed by atoms with Gasteiger partial charge in [-0.1, -0.05) is 6.92 Å². The molecule has 0 aromatic heterocycles. The average molecular weight is 154 g/mol. The van der Waals surface area contributed by atoms with Crippen molar-refractivity contribution in [1.82, 2.24) is 0 Å². The fraction of sp³-hybridized carbons (Fsp3) is 0.750. The second kappa shape index (κ2) is 2.06. The Balaban J connectivity index is 2.23. The summed E-state index contributed by atoms with van der Waals surface area (Å²) < 4.78 is 4.50. The van der Waals surface area contributed by atoms with E-state index in [4.69, 9.17) is 0 Å². The van der Waals surface area contributed by atoms with Gasteiger partial charge in [-0.25, -0.2) is 0 Å². The third-order valence-electron chi connectivity index (χ3n) is 2.60. The SMILES string of the molecule is CC1CC2C(=O)OC(=O)C2C1. The maximum Gasteiger partial charge on any atom is 0.317 e. The Hall–Kier alpha value is -0.860. The van der Waals surface area contributed by atoms with E-state index in [1.807, 2.05) is 0 Å². The van der Waals surface area contributed by atoms with Crippen LogP contribution in [-0.2, 0) is 14.3 Å². The zero-order chi connectivity index (χ0) is 8.01. The predicted molar refractivity (Wildman–Crippen MR) is 36.5 cm³/mol. The minimum Gasteiger partial charge on any atom is -0.393 e. The Morgan fingerprint density at radius 2 is 1.64 bits per heavy atom. The van der Waals surface area contributed by atoms with Gasteiger partial charge in [0.05, 0.1) is 11.8 Å². The number of carbonyl (C=O) groups is 2. The van der Waals surface area contributed by atoms with Crippen molar-refractivity contribution in [3.63, 3.8) is 0 Å². The van der Waals surface area contributed by atoms with Gasteiger partial charge in [0.1, 0.15) is 0 Å². The van der Waals surface area contributed by atoms with E-state index in [9.17, 15) is 9.59 Å². The second-order valence-electron chi connectivity index (χ2n) is 3.53. The number of hydrogen-bond acceptors (Lipinski definition) is 3. The van der Waals surface area contributed by atoms with Crippen LogP contribution in [0.5, 0.6) is 0 Å². The van der Waals surface area contributed by atoms with Crippen molar-refractivity contribution in [3.8, 4) is 0 Å². The maximum absolute atomic E-state index is 11.0. The van der Waals surface area contributed by atoms with E-state index in [-0.39, 0.29) is 23.8 Å². The molecule has 0 radical (unpaired) electrons. The van der Waals surface area contributed by atoms with Gasteiger partial charge in [0, 0.05) is 0 Å². The lowest BCUT2D eigenvalue weighted by Crippen LogP contribution is -2.09. The zero-order valence-electron chi connectivity index (χ0n) is 6.37. The molecule has 2 atom stereocenters. The van der Waals surface area contributed by atoms with E-state index in [2.05, 4.69) is 11.7 Å². The number of hydrogen-bond donors (Lipinski definition) is 0. The van der Waals surface area contributed by atoms with Crippen LogP contribution in [0.3, 0.4) is 0 Å². The molecule has 60 valence electrons. The molecule has 3 heteroatoms. The average Bonchev–Trinajstić information content (AvgIpc) is 2.38. The highest BCUT2D eigenvalue weighted by molar-refractivity contribution is 5.96. The number of cyclic esters (lactones) is 2. The maximum atomic E-state index is 11.0. The highest BCUT2D eigenvalue weighted by Gasteiger charge is 2.49. The molecule has 2 fully saturated rings. The van der Waals surface area contributed by atoms with Crippen LogP contribution in [0.4, 0.5) is 0 Å². The third kappa shape index (κ3) is 0.870. The van der Waals surface area contributed by atoms with Crippen LogP contribution in [0.25, 0.3) is 0 Å². The molecule has 11 heavy (non-hydrogen) atoms. The van der Waals surface area contributed by atoms with Crippen molar-refractivity contribution in [3.05, 3.63) is 0 Å². The Bertz CT molecular complexity index is 199. The van der Waals surface area contributed by atoms with Crippen molar-refractivity contribution in [2.75, 3.05) is 0 Å². The molecule has 1 saturated heterocycles. The first-order valence-electron chi connectivity index (χ1n) is 3.94. The van der Waals surface area contributed by atoms with Crippen molar-refractivity contribution in [2.24, 2.45) is 17.8 Å².